The Kier molecular flexibility index (Phi) is 6.52. The molecule has 31 heavy (non-hydrogen) atoms. The van der Waals surface area contributed by atoms with E-state index in [9.17, 15) is 18.0 Å². The Morgan fingerprint density at radius 1 is 0.968 bits per heavy atom. The molecule has 0 unspecified atom stereocenters. The van der Waals surface area contributed by atoms with E-state index >= 15 is 0 Å². The van der Waals surface area contributed by atoms with Gasteiger partial charge in [0.2, 0.25) is 15.9 Å². The third-order valence-electron chi connectivity index (χ3n) is 5.60. The molecule has 0 bridgehead atoms. The normalized spacial score (nSPS) is 15.5. The Bertz CT molecular complexity index is 1050. The lowest BCUT2D eigenvalue weighted by molar-refractivity contribution is -0.121. The zero-order valence-electron chi connectivity index (χ0n) is 18.1. The molecule has 1 aliphatic rings. The van der Waals surface area contributed by atoms with Gasteiger partial charge in [0, 0.05) is 30.3 Å². The molecule has 166 valence electrons. The lowest BCUT2D eigenvalue weighted by Gasteiger charge is -2.31. The van der Waals surface area contributed by atoms with Gasteiger partial charge < -0.3 is 10.2 Å². The largest absolute Gasteiger partial charge is 0.339 e. The van der Waals surface area contributed by atoms with Gasteiger partial charge in [0.1, 0.15) is 0 Å². The lowest BCUT2D eigenvalue weighted by atomic mass is 9.86. The summed E-state index contributed by atoms with van der Waals surface area (Å²) >= 11 is 0. The van der Waals surface area contributed by atoms with Crippen LogP contribution in [0, 0.1) is 5.92 Å². The fraction of sp³-hybridized carbons (Fsp3) is 0.391. The van der Waals surface area contributed by atoms with E-state index < -0.39 is 10.0 Å². The summed E-state index contributed by atoms with van der Waals surface area (Å²) in [5.41, 5.74) is 2.38. The van der Waals surface area contributed by atoms with Gasteiger partial charge in [0.15, 0.2) is 0 Å². The topological polar surface area (TPSA) is 110 Å². The molecule has 3 N–H and O–H groups in total. The fourth-order valence-corrected chi connectivity index (χ4v) is 4.13. The summed E-state index contributed by atoms with van der Waals surface area (Å²) in [5, 5.41) is 7.89. The Hall–Kier alpha value is -2.71. The molecule has 0 radical (unpaired) electrons. The number of benzene rings is 2. The second-order valence-electron chi connectivity index (χ2n) is 8.95. The van der Waals surface area contributed by atoms with E-state index in [4.69, 9.17) is 5.14 Å². The highest BCUT2D eigenvalue weighted by molar-refractivity contribution is 7.89. The molecule has 7 nitrogen and oxygen atoms in total. The predicted octanol–water partition coefficient (Wildman–Crippen LogP) is 3.12. The van der Waals surface area contributed by atoms with Crippen molar-refractivity contribution in [3.8, 4) is 0 Å². The predicted molar refractivity (Wildman–Crippen MR) is 120 cm³/mol. The summed E-state index contributed by atoms with van der Waals surface area (Å²) in [5.74, 6) is -0.354. The Labute approximate surface area is 183 Å². The number of hydrogen-bond acceptors (Lipinski definition) is 4. The maximum atomic E-state index is 12.8. The van der Waals surface area contributed by atoms with Crippen molar-refractivity contribution in [2.24, 2.45) is 11.1 Å². The van der Waals surface area contributed by atoms with Crippen LogP contribution in [0.1, 0.15) is 49.5 Å². The average molecular weight is 444 g/mol. The number of rotatable bonds is 4. The summed E-state index contributed by atoms with van der Waals surface area (Å²) in [6.45, 7) is 7.43. The number of primary sulfonamides is 1. The van der Waals surface area contributed by atoms with Crippen molar-refractivity contribution in [1.82, 2.24) is 4.90 Å². The summed E-state index contributed by atoms with van der Waals surface area (Å²) in [4.78, 5) is 27.2. The first-order chi connectivity index (χ1) is 14.4. The highest BCUT2D eigenvalue weighted by Gasteiger charge is 2.28. The fourth-order valence-electron chi connectivity index (χ4n) is 3.61. The highest BCUT2D eigenvalue weighted by Crippen LogP contribution is 2.24. The molecule has 0 saturated carbocycles. The van der Waals surface area contributed by atoms with Crippen molar-refractivity contribution in [2.45, 2.75) is 43.9 Å². The molecule has 0 spiro atoms. The third-order valence-corrected chi connectivity index (χ3v) is 6.53. The van der Waals surface area contributed by atoms with E-state index in [-0.39, 0.29) is 28.0 Å². The number of sulfonamides is 1. The van der Waals surface area contributed by atoms with Crippen molar-refractivity contribution in [3.63, 3.8) is 0 Å². The molecule has 1 heterocycles. The SMILES string of the molecule is CC(C)(C)c1ccc(C(=O)N2CCC(C(=O)Nc3ccc(S(N)(=O)=O)cc3)CC2)cc1. The Morgan fingerprint density at radius 3 is 2.00 bits per heavy atom. The van der Waals surface area contributed by atoms with Crippen LogP contribution < -0.4 is 10.5 Å². The highest BCUT2D eigenvalue weighted by atomic mass is 32.2. The standard InChI is InChI=1S/C23H29N3O4S/c1-23(2,3)18-6-4-17(5-7-18)22(28)26-14-12-16(13-15-26)21(27)25-19-8-10-20(11-9-19)31(24,29)30/h4-11,16H,12-15H2,1-3H3,(H,25,27)(H2,24,29,30). The summed E-state index contributed by atoms with van der Waals surface area (Å²) in [6, 6.07) is 13.5. The van der Waals surface area contributed by atoms with Crippen LogP contribution in [-0.4, -0.2) is 38.2 Å². The van der Waals surface area contributed by atoms with Crippen LogP contribution >= 0.6 is 0 Å². The first-order valence-corrected chi connectivity index (χ1v) is 11.8. The molecular formula is C23H29N3O4S. The molecule has 1 fully saturated rings. The molecule has 0 aliphatic carbocycles. The van der Waals surface area contributed by atoms with Gasteiger partial charge in [-0.2, -0.15) is 0 Å². The molecule has 0 atom stereocenters. The minimum absolute atomic E-state index is 0.00662. The zero-order chi connectivity index (χ0) is 22.8. The van der Waals surface area contributed by atoms with Crippen molar-refractivity contribution in [1.29, 1.82) is 0 Å². The minimum Gasteiger partial charge on any atom is -0.339 e. The van der Waals surface area contributed by atoms with Crippen LogP contribution in [0.5, 0.6) is 0 Å². The van der Waals surface area contributed by atoms with Gasteiger partial charge in [0.25, 0.3) is 5.91 Å². The maximum Gasteiger partial charge on any atom is 0.253 e. The number of piperidine rings is 1. The van der Waals surface area contributed by atoms with Crippen LogP contribution in [0.3, 0.4) is 0 Å². The first-order valence-electron chi connectivity index (χ1n) is 10.3. The maximum absolute atomic E-state index is 12.8. The van der Waals surface area contributed by atoms with Crippen LogP contribution in [0.4, 0.5) is 5.69 Å². The second-order valence-corrected chi connectivity index (χ2v) is 10.5. The van der Waals surface area contributed by atoms with Crippen molar-refractivity contribution in [3.05, 3.63) is 59.7 Å². The Morgan fingerprint density at radius 2 is 1.52 bits per heavy atom. The monoisotopic (exact) mass is 443 g/mol. The quantitative estimate of drug-likeness (QED) is 0.756. The van der Waals surface area contributed by atoms with Crippen LogP contribution in [-0.2, 0) is 20.2 Å². The number of hydrogen-bond donors (Lipinski definition) is 2. The van der Waals surface area contributed by atoms with Crippen molar-refractivity contribution < 1.29 is 18.0 Å². The molecule has 0 aromatic heterocycles. The van der Waals surface area contributed by atoms with Gasteiger partial charge in [-0.25, -0.2) is 13.6 Å². The molecule has 8 heteroatoms. The van der Waals surface area contributed by atoms with Crippen molar-refractivity contribution >= 4 is 27.5 Å². The molecular weight excluding hydrogens is 414 g/mol. The number of carbonyl (C=O) groups excluding carboxylic acids is 2. The number of nitrogens with two attached hydrogens (primary N) is 1. The zero-order valence-corrected chi connectivity index (χ0v) is 18.9. The van der Waals surface area contributed by atoms with Gasteiger partial charge in [-0.3, -0.25) is 9.59 Å². The summed E-state index contributed by atoms with van der Waals surface area (Å²) in [7, 11) is -3.77. The molecule has 2 aromatic rings. The summed E-state index contributed by atoms with van der Waals surface area (Å²) in [6.07, 6.45) is 1.15. The van der Waals surface area contributed by atoms with Gasteiger partial charge in [0.05, 0.1) is 4.90 Å². The van der Waals surface area contributed by atoms with Gasteiger partial charge in [-0.05, 0) is 60.2 Å². The number of carbonyl (C=O) groups is 2. The molecule has 2 amide bonds. The molecule has 2 aromatic carbocycles. The number of nitrogens with one attached hydrogen (secondary N) is 1. The van der Waals surface area contributed by atoms with E-state index in [0.29, 0.717) is 37.2 Å². The second kappa shape index (κ2) is 8.80. The van der Waals surface area contributed by atoms with Gasteiger partial charge in [-0.1, -0.05) is 32.9 Å². The van der Waals surface area contributed by atoms with Crippen LogP contribution in [0.2, 0.25) is 0 Å². The van der Waals surface area contributed by atoms with E-state index in [0.717, 1.165) is 0 Å². The number of likely N-dealkylation sites (tertiary alicyclic amines) is 1. The van der Waals surface area contributed by atoms with Gasteiger partial charge in [-0.15, -0.1) is 0 Å². The third kappa shape index (κ3) is 5.71. The van der Waals surface area contributed by atoms with E-state index in [1.54, 1.807) is 4.90 Å². The number of amides is 2. The average Bonchev–Trinajstić information content (AvgIpc) is 2.72. The smallest absolute Gasteiger partial charge is 0.253 e. The van der Waals surface area contributed by atoms with Gasteiger partial charge >= 0.3 is 0 Å². The first kappa shape index (κ1) is 23.0. The molecule has 1 aliphatic heterocycles. The number of nitrogens with zero attached hydrogens (tertiary/aromatic N) is 1. The van der Waals surface area contributed by atoms with Crippen molar-refractivity contribution in [2.75, 3.05) is 18.4 Å². The summed E-state index contributed by atoms with van der Waals surface area (Å²) < 4.78 is 22.6. The molecule has 1 saturated heterocycles. The van der Waals surface area contributed by atoms with E-state index in [2.05, 4.69) is 26.1 Å². The minimum atomic E-state index is -3.77. The van der Waals surface area contributed by atoms with E-state index in [1.807, 2.05) is 24.3 Å². The van der Waals surface area contributed by atoms with Crippen LogP contribution in [0.25, 0.3) is 0 Å². The van der Waals surface area contributed by atoms with E-state index in [1.165, 1.54) is 29.8 Å². The van der Waals surface area contributed by atoms with Crippen LogP contribution in [0.15, 0.2) is 53.4 Å². The number of anilines is 1. The lowest BCUT2D eigenvalue weighted by Crippen LogP contribution is -2.41. The molecule has 3 rings (SSSR count). The Balaban J connectivity index is 1.55.